The minimum Gasteiger partial charge on any atom is -0.379 e. The van der Waals surface area contributed by atoms with Gasteiger partial charge in [-0.15, -0.1) is 0 Å². The summed E-state index contributed by atoms with van der Waals surface area (Å²) in [6.07, 6.45) is 7.85. The molecule has 1 unspecified atom stereocenters. The highest BCUT2D eigenvalue weighted by Gasteiger charge is 2.33. The topological polar surface area (TPSA) is 30.5 Å². The zero-order chi connectivity index (χ0) is 14.1. The van der Waals surface area contributed by atoms with Crippen LogP contribution in [0.3, 0.4) is 0 Å². The zero-order valence-corrected chi connectivity index (χ0v) is 13.3. The van der Waals surface area contributed by atoms with Crippen molar-refractivity contribution in [3.05, 3.63) is 0 Å². The molecule has 0 saturated heterocycles. The molecule has 0 spiro atoms. The van der Waals surface area contributed by atoms with Gasteiger partial charge in [0.2, 0.25) is 0 Å². The molecule has 3 heteroatoms. The Bertz CT molecular complexity index is 223. The van der Waals surface area contributed by atoms with E-state index in [9.17, 15) is 0 Å². The summed E-state index contributed by atoms with van der Waals surface area (Å²) in [6.45, 7) is 11.0. The summed E-state index contributed by atoms with van der Waals surface area (Å²) in [5.41, 5.74) is 0.0251. The van der Waals surface area contributed by atoms with Crippen LogP contribution in [0.5, 0.6) is 0 Å². The second-order valence-electron chi connectivity index (χ2n) is 6.22. The Hall–Kier alpha value is -0.120. The van der Waals surface area contributed by atoms with Gasteiger partial charge < -0.3 is 14.8 Å². The lowest BCUT2D eigenvalue weighted by molar-refractivity contribution is -0.117. The molecule has 1 aliphatic rings. The second-order valence-corrected chi connectivity index (χ2v) is 6.22. The SMILES string of the molecule is CCOCC(C)OC1(CNC(C)C)CCCCCC1. The smallest absolute Gasteiger partial charge is 0.0811 e. The highest BCUT2D eigenvalue weighted by atomic mass is 16.5. The van der Waals surface area contributed by atoms with Crippen LogP contribution < -0.4 is 5.32 Å². The van der Waals surface area contributed by atoms with Crippen molar-refractivity contribution in [1.29, 1.82) is 0 Å². The van der Waals surface area contributed by atoms with Crippen molar-refractivity contribution in [2.75, 3.05) is 19.8 Å². The van der Waals surface area contributed by atoms with Gasteiger partial charge in [0, 0.05) is 19.2 Å². The quantitative estimate of drug-likeness (QED) is 0.685. The summed E-state index contributed by atoms with van der Waals surface area (Å²) in [5.74, 6) is 0. The zero-order valence-electron chi connectivity index (χ0n) is 13.3. The number of hydrogen-bond acceptors (Lipinski definition) is 3. The monoisotopic (exact) mass is 271 g/mol. The molecule has 0 bridgehead atoms. The average molecular weight is 271 g/mol. The van der Waals surface area contributed by atoms with Crippen LogP contribution in [-0.4, -0.2) is 37.5 Å². The second kappa shape index (κ2) is 8.93. The van der Waals surface area contributed by atoms with Crippen LogP contribution in [0.2, 0.25) is 0 Å². The van der Waals surface area contributed by atoms with Crippen LogP contribution in [-0.2, 0) is 9.47 Å². The maximum absolute atomic E-state index is 6.42. The van der Waals surface area contributed by atoms with Crippen LogP contribution in [0, 0.1) is 0 Å². The van der Waals surface area contributed by atoms with E-state index in [1.165, 1.54) is 38.5 Å². The third-order valence-electron chi connectivity index (χ3n) is 3.86. The van der Waals surface area contributed by atoms with E-state index in [-0.39, 0.29) is 11.7 Å². The van der Waals surface area contributed by atoms with Crippen molar-refractivity contribution in [3.8, 4) is 0 Å². The standard InChI is InChI=1S/C16H33NO2/c1-5-18-12-15(4)19-16(13-17-14(2)3)10-8-6-7-9-11-16/h14-15,17H,5-13H2,1-4H3. The van der Waals surface area contributed by atoms with Gasteiger partial charge in [-0.25, -0.2) is 0 Å². The largest absolute Gasteiger partial charge is 0.379 e. The van der Waals surface area contributed by atoms with E-state index in [2.05, 4.69) is 26.1 Å². The molecule has 0 radical (unpaired) electrons. The molecule has 0 aliphatic heterocycles. The molecule has 3 nitrogen and oxygen atoms in total. The molecule has 114 valence electrons. The third-order valence-corrected chi connectivity index (χ3v) is 3.86. The fourth-order valence-electron chi connectivity index (χ4n) is 2.84. The van der Waals surface area contributed by atoms with Crippen LogP contribution in [0.25, 0.3) is 0 Å². The Morgan fingerprint density at radius 2 is 1.68 bits per heavy atom. The Kier molecular flexibility index (Phi) is 7.96. The summed E-state index contributed by atoms with van der Waals surface area (Å²) in [4.78, 5) is 0. The minimum atomic E-state index is 0.0251. The summed E-state index contributed by atoms with van der Waals surface area (Å²) in [7, 11) is 0. The number of nitrogens with one attached hydrogen (secondary N) is 1. The van der Waals surface area contributed by atoms with Gasteiger partial charge in [0.25, 0.3) is 0 Å². The van der Waals surface area contributed by atoms with Gasteiger partial charge >= 0.3 is 0 Å². The number of rotatable bonds is 8. The van der Waals surface area contributed by atoms with Crippen molar-refractivity contribution in [2.45, 2.75) is 84.0 Å². The maximum Gasteiger partial charge on any atom is 0.0811 e. The molecule has 1 aliphatic carbocycles. The molecule has 0 aromatic rings. The van der Waals surface area contributed by atoms with Gasteiger partial charge in [0.15, 0.2) is 0 Å². The first-order chi connectivity index (χ1) is 9.08. The predicted molar refractivity (Wildman–Crippen MR) is 80.6 cm³/mol. The van der Waals surface area contributed by atoms with Gasteiger partial charge in [0.1, 0.15) is 0 Å². The van der Waals surface area contributed by atoms with E-state index in [1.807, 2.05) is 6.92 Å². The minimum absolute atomic E-state index is 0.0251. The highest BCUT2D eigenvalue weighted by Crippen LogP contribution is 2.31. The lowest BCUT2D eigenvalue weighted by Gasteiger charge is -2.36. The molecule has 0 aromatic heterocycles. The third kappa shape index (κ3) is 6.73. The van der Waals surface area contributed by atoms with E-state index in [0.29, 0.717) is 12.6 Å². The Labute approximate surface area is 119 Å². The molecule has 19 heavy (non-hydrogen) atoms. The Balaban J connectivity index is 2.56. The van der Waals surface area contributed by atoms with E-state index in [1.54, 1.807) is 0 Å². The Morgan fingerprint density at radius 1 is 1.05 bits per heavy atom. The molecular weight excluding hydrogens is 238 g/mol. The number of ether oxygens (including phenoxy) is 2. The normalized spacial score (nSPS) is 21.3. The van der Waals surface area contributed by atoms with E-state index in [4.69, 9.17) is 9.47 Å². The van der Waals surface area contributed by atoms with Crippen LogP contribution in [0.15, 0.2) is 0 Å². The van der Waals surface area contributed by atoms with Crippen molar-refractivity contribution >= 4 is 0 Å². The Morgan fingerprint density at radius 3 is 2.21 bits per heavy atom. The molecular formula is C16H33NO2. The van der Waals surface area contributed by atoms with Crippen molar-refractivity contribution in [3.63, 3.8) is 0 Å². The summed E-state index contributed by atoms with van der Waals surface area (Å²) >= 11 is 0. The molecule has 0 aromatic carbocycles. The molecule has 1 rings (SSSR count). The molecule has 1 saturated carbocycles. The van der Waals surface area contributed by atoms with Crippen molar-refractivity contribution in [1.82, 2.24) is 5.32 Å². The fraction of sp³-hybridized carbons (Fsp3) is 1.00. The van der Waals surface area contributed by atoms with E-state index < -0.39 is 0 Å². The first-order valence-electron chi connectivity index (χ1n) is 8.07. The average Bonchev–Trinajstić information content (AvgIpc) is 2.60. The van der Waals surface area contributed by atoms with Gasteiger partial charge in [-0.3, -0.25) is 0 Å². The van der Waals surface area contributed by atoms with Gasteiger partial charge in [-0.1, -0.05) is 39.5 Å². The maximum atomic E-state index is 6.42. The van der Waals surface area contributed by atoms with Crippen LogP contribution >= 0.6 is 0 Å². The summed E-state index contributed by atoms with van der Waals surface area (Å²) in [6, 6.07) is 0.519. The van der Waals surface area contributed by atoms with Gasteiger partial charge in [0.05, 0.1) is 18.3 Å². The van der Waals surface area contributed by atoms with Gasteiger partial charge in [-0.2, -0.15) is 0 Å². The highest BCUT2D eigenvalue weighted by molar-refractivity contribution is 4.87. The lowest BCUT2D eigenvalue weighted by atomic mass is 9.93. The predicted octanol–water partition coefficient (Wildman–Crippen LogP) is 3.52. The van der Waals surface area contributed by atoms with Crippen LogP contribution in [0.1, 0.15) is 66.2 Å². The first-order valence-corrected chi connectivity index (χ1v) is 8.07. The lowest BCUT2D eigenvalue weighted by Crippen LogP contribution is -2.47. The molecule has 0 heterocycles. The summed E-state index contributed by atoms with van der Waals surface area (Å²) < 4.78 is 11.9. The first kappa shape index (κ1) is 16.9. The van der Waals surface area contributed by atoms with Crippen molar-refractivity contribution in [2.24, 2.45) is 0 Å². The van der Waals surface area contributed by atoms with Crippen molar-refractivity contribution < 1.29 is 9.47 Å². The number of hydrogen-bond donors (Lipinski definition) is 1. The summed E-state index contributed by atoms with van der Waals surface area (Å²) in [5, 5.41) is 3.58. The molecule has 1 N–H and O–H groups in total. The molecule has 0 amide bonds. The molecule has 1 atom stereocenters. The van der Waals surface area contributed by atoms with E-state index in [0.717, 1.165) is 13.2 Å². The van der Waals surface area contributed by atoms with Crippen LogP contribution in [0.4, 0.5) is 0 Å². The van der Waals surface area contributed by atoms with Gasteiger partial charge in [-0.05, 0) is 26.7 Å². The molecule has 1 fully saturated rings. The van der Waals surface area contributed by atoms with E-state index >= 15 is 0 Å². The fourth-order valence-corrected chi connectivity index (χ4v) is 2.84.